The Hall–Kier alpha value is -4.38. The van der Waals surface area contributed by atoms with Crippen LogP contribution in [0.15, 0.2) is 81.8 Å². The second-order valence-corrected chi connectivity index (χ2v) is 12.0. The van der Waals surface area contributed by atoms with Crippen LogP contribution in [0.1, 0.15) is 15.2 Å². The average Bonchev–Trinajstić information content (AvgIpc) is 3.50. The summed E-state index contributed by atoms with van der Waals surface area (Å²) in [4.78, 5) is 50.3. The Labute approximate surface area is 254 Å². The maximum Gasteiger partial charge on any atom is 0.267 e. The van der Waals surface area contributed by atoms with Crippen molar-refractivity contribution in [2.24, 2.45) is 0 Å². The molecule has 1 aliphatic rings. The van der Waals surface area contributed by atoms with Crippen molar-refractivity contribution < 1.29 is 4.79 Å². The number of para-hydroxylation sites is 1. The van der Waals surface area contributed by atoms with Crippen LogP contribution in [-0.4, -0.2) is 74.1 Å². The number of nitrogens with zero attached hydrogens (tertiary/aromatic N) is 4. The Morgan fingerprint density at radius 1 is 0.977 bits per heavy atom. The predicted octanol–water partition coefficient (Wildman–Crippen LogP) is 4.11. The van der Waals surface area contributed by atoms with Crippen molar-refractivity contribution in [3.05, 3.63) is 103 Å². The highest BCUT2D eigenvalue weighted by atomic mass is 32.1. The molecule has 5 aromatic rings. The van der Waals surface area contributed by atoms with Crippen molar-refractivity contribution >= 4 is 45.2 Å². The number of hydrogen-bond acceptors (Lipinski definition) is 9. The first-order chi connectivity index (χ1) is 20.9. The molecule has 1 saturated heterocycles. The number of thiophene rings is 1. The maximum absolute atomic E-state index is 13.3. The van der Waals surface area contributed by atoms with E-state index in [0.717, 1.165) is 48.3 Å². The van der Waals surface area contributed by atoms with E-state index in [1.54, 1.807) is 24.4 Å². The third-order valence-electron chi connectivity index (χ3n) is 7.93. The number of carbonyl (C=O) groups excluding carboxylic acids is 1. The van der Waals surface area contributed by atoms with Gasteiger partial charge in [0.2, 0.25) is 10.9 Å². The smallest absolute Gasteiger partial charge is 0.267 e. The fraction of sp³-hybridized carbons (Fsp3) is 0.273. The Bertz CT molecular complexity index is 1830. The van der Waals surface area contributed by atoms with E-state index in [1.807, 2.05) is 52.7 Å². The second-order valence-electron chi connectivity index (χ2n) is 11.1. The minimum Gasteiger partial charge on any atom is -0.380 e. The van der Waals surface area contributed by atoms with E-state index in [2.05, 4.69) is 39.5 Å². The van der Waals surface area contributed by atoms with Gasteiger partial charge in [0.1, 0.15) is 10.6 Å². The topological polar surface area (TPSA) is 97.9 Å². The van der Waals surface area contributed by atoms with Crippen molar-refractivity contribution in [3.63, 3.8) is 0 Å². The zero-order valence-corrected chi connectivity index (χ0v) is 25.1. The summed E-state index contributed by atoms with van der Waals surface area (Å²) in [5.74, 6) is -0.242. The number of carbonyl (C=O) groups is 1. The van der Waals surface area contributed by atoms with E-state index in [4.69, 9.17) is 0 Å². The number of nitrogens with one attached hydrogen (secondary N) is 2. The fourth-order valence-electron chi connectivity index (χ4n) is 5.55. The molecular formula is C33H34N6O3S. The summed E-state index contributed by atoms with van der Waals surface area (Å²) < 4.78 is 0. The van der Waals surface area contributed by atoms with Gasteiger partial charge in [-0.3, -0.25) is 24.3 Å². The largest absolute Gasteiger partial charge is 0.380 e. The maximum atomic E-state index is 13.3. The van der Waals surface area contributed by atoms with Crippen LogP contribution in [0.2, 0.25) is 0 Å². The first-order valence-corrected chi connectivity index (χ1v) is 15.3. The van der Waals surface area contributed by atoms with Crippen molar-refractivity contribution in [2.45, 2.75) is 6.54 Å². The number of aromatic nitrogens is 1. The Balaban J connectivity index is 1.14. The molecule has 0 saturated carbocycles. The van der Waals surface area contributed by atoms with Gasteiger partial charge in [0.05, 0.1) is 16.8 Å². The van der Waals surface area contributed by atoms with Crippen LogP contribution in [0.25, 0.3) is 22.0 Å². The van der Waals surface area contributed by atoms with Gasteiger partial charge in [-0.05, 0) is 60.9 Å². The molecule has 0 aliphatic carbocycles. The Morgan fingerprint density at radius 3 is 2.60 bits per heavy atom. The molecule has 6 rings (SSSR count). The second kappa shape index (κ2) is 12.5. The molecule has 43 heavy (non-hydrogen) atoms. The van der Waals surface area contributed by atoms with E-state index in [-0.39, 0.29) is 5.91 Å². The minimum atomic E-state index is -0.470. The number of hydrogen-bond donors (Lipinski definition) is 2. The fourth-order valence-corrected chi connectivity index (χ4v) is 6.32. The van der Waals surface area contributed by atoms with Crippen molar-refractivity contribution in [1.29, 1.82) is 0 Å². The van der Waals surface area contributed by atoms with Crippen LogP contribution < -0.4 is 26.4 Å². The summed E-state index contributed by atoms with van der Waals surface area (Å²) in [6, 6.07) is 19.0. The number of piperazine rings is 1. The molecular weight excluding hydrogens is 560 g/mol. The van der Waals surface area contributed by atoms with Crippen LogP contribution in [0.3, 0.4) is 0 Å². The van der Waals surface area contributed by atoms with Gasteiger partial charge < -0.3 is 20.4 Å². The average molecular weight is 595 g/mol. The van der Waals surface area contributed by atoms with E-state index in [0.29, 0.717) is 47.0 Å². The summed E-state index contributed by atoms with van der Waals surface area (Å²) in [5, 5.41) is 9.34. The Morgan fingerprint density at radius 2 is 1.79 bits per heavy atom. The van der Waals surface area contributed by atoms with Crippen LogP contribution in [0.5, 0.6) is 0 Å². The molecule has 0 spiro atoms. The van der Waals surface area contributed by atoms with Crippen LogP contribution in [-0.2, 0) is 6.54 Å². The monoisotopic (exact) mass is 594 g/mol. The third kappa shape index (κ3) is 6.08. The highest BCUT2D eigenvalue weighted by Crippen LogP contribution is 2.30. The van der Waals surface area contributed by atoms with Crippen LogP contribution in [0.4, 0.5) is 17.1 Å². The SMILES string of the molecule is CN(C)CCN1CCN(c2c(-c3cccc(NC(=O)c4sccc4NCc4ccnc5ccccc45)c3)c(=O)c2=O)CC1. The molecule has 1 amide bonds. The van der Waals surface area contributed by atoms with Gasteiger partial charge in [0, 0.05) is 63.1 Å². The standard InChI is InChI=1S/C33H34N6O3S/c1-37(2)13-14-38-15-17-39(18-16-38)29-28(30(40)31(29)41)22-6-5-7-24(20-22)36-33(42)32-27(11-19-43-32)35-21-23-10-12-34-26-9-4-3-8-25(23)26/h3-12,19-20,35H,13-18,21H2,1-2H3,(H,36,42). The quantitative estimate of drug-likeness (QED) is 0.233. The lowest BCUT2D eigenvalue weighted by Crippen LogP contribution is -2.52. The zero-order chi connectivity index (χ0) is 29.9. The predicted molar refractivity (Wildman–Crippen MR) is 175 cm³/mol. The lowest BCUT2D eigenvalue weighted by molar-refractivity contribution is 0.103. The first kappa shape index (κ1) is 28.7. The van der Waals surface area contributed by atoms with E-state index >= 15 is 0 Å². The number of amides is 1. The third-order valence-corrected chi connectivity index (χ3v) is 8.84. The summed E-state index contributed by atoms with van der Waals surface area (Å²) >= 11 is 1.36. The molecule has 1 aliphatic heterocycles. The summed E-state index contributed by atoms with van der Waals surface area (Å²) in [6.07, 6.45) is 1.79. The Kier molecular flexibility index (Phi) is 8.33. The lowest BCUT2D eigenvalue weighted by Gasteiger charge is -2.37. The molecule has 1 fully saturated rings. The van der Waals surface area contributed by atoms with E-state index < -0.39 is 10.9 Å². The highest BCUT2D eigenvalue weighted by Gasteiger charge is 2.29. The zero-order valence-electron chi connectivity index (χ0n) is 24.3. The number of fused-ring (bicyclic) bond motifs is 1. The molecule has 0 bridgehead atoms. The van der Waals surface area contributed by atoms with Crippen molar-refractivity contribution in [3.8, 4) is 11.1 Å². The number of rotatable bonds is 10. The van der Waals surface area contributed by atoms with Crippen molar-refractivity contribution in [2.75, 3.05) is 68.9 Å². The van der Waals surface area contributed by atoms with Crippen LogP contribution in [0, 0.1) is 0 Å². The molecule has 10 heteroatoms. The summed E-state index contributed by atoms with van der Waals surface area (Å²) in [7, 11) is 4.12. The molecule has 3 heterocycles. The number of likely N-dealkylation sites (N-methyl/N-ethyl adjacent to an activating group) is 1. The van der Waals surface area contributed by atoms with Crippen molar-refractivity contribution in [1.82, 2.24) is 14.8 Å². The highest BCUT2D eigenvalue weighted by molar-refractivity contribution is 7.12. The van der Waals surface area contributed by atoms with Gasteiger partial charge in [-0.2, -0.15) is 0 Å². The molecule has 9 nitrogen and oxygen atoms in total. The summed E-state index contributed by atoms with van der Waals surface area (Å²) in [6.45, 7) is 5.59. The van der Waals surface area contributed by atoms with Gasteiger partial charge in [0.25, 0.3) is 5.91 Å². The normalized spacial score (nSPS) is 14.1. The molecule has 2 N–H and O–H groups in total. The lowest BCUT2D eigenvalue weighted by atomic mass is 9.96. The number of benzene rings is 2. The molecule has 220 valence electrons. The molecule has 0 radical (unpaired) electrons. The van der Waals surface area contributed by atoms with Gasteiger partial charge in [0.15, 0.2) is 0 Å². The first-order valence-electron chi connectivity index (χ1n) is 14.4. The minimum absolute atomic E-state index is 0.242. The van der Waals surface area contributed by atoms with Gasteiger partial charge >= 0.3 is 0 Å². The summed E-state index contributed by atoms with van der Waals surface area (Å²) in [5.41, 5.74) is 4.00. The van der Waals surface area contributed by atoms with Gasteiger partial charge in [-0.15, -0.1) is 11.3 Å². The number of pyridine rings is 1. The molecule has 2 aromatic heterocycles. The van der Waals surface area contributed by atoms with E-state index in [1.165, 1.54) is 11.3 Å². The number of anilines is 3. The van der Waals surface area contributed by atoms with Gasteiger partial charge in [-0.1, -0.05) is 30.3 Å². The van der Waals surface area contributed by atoms with Gasteiger partial charge in [-0.25, -0.2) is 0 Å². The van der Waals surface area contributed by atoms with Crippen LogP contribution >= 0.6 is 11.3 Å². The molecule has 3 aromatic carbocycles. The molecule has 0 unspecified atom stereocenters. The van der Waals surface area contributed by atoms with E-state index in [9.17, 15) is 14.4 Å². The molecule has 0 atom stereocenters.